The van der Waals surface area contributed by atoms with E-state index >= 15 is 0 Å². The highest BCUT2D eigenvalue weighted by Gasteiger charge is 2.32. The molecule has 1 amide bonds. The normalized spacial score (nSPS) is 16.0. The summed E-state index contributed by atoms with van der Waals surface area (Å²) < 4.78 is 10.5. The van der Waals surface area contributed by atoms with E-state index in [4.69, 9.17) is 21.1 Å². The molecule has 1 aromatic carbocycles. The summed E-state index contributed by atoms with van der Waals surface area (Å²) in [5, 5.41) is 0.615. The number of carbonyl (C=O) groups is 2. The number of likely N-dealkylation sites (N-methyl/N-ethyl adjacent to an activating group) is 1. The van der Waals surface area contributed by atoms with E-state index in [-0.39, 0.29) is 12.5 Å². The summed E-state index contributed by atoms with van der Waals surface area (Å²) in [4.78, 5) is 25.4. The number of ether oxygens (including phenoxy) is 2. The van der Waals surface area contributed by atoms with Gasteiger partial charge in [-0.3, -0.25) is 9.59 Å². The van der Waals surface area contributed by atoms with Crippen molar-refractivity contribution in [1.82, 2.24) is 4.90 Å². The van der Waals surface area contributed by atoms with Gasteiger partial charge < -0.3 is 14.4 Å². The van der Waals surface area contributed by atoms with E-state index in [9.17, 15) is 9.59 Å². The molecule has 1 aliphatic rings. The molecule has 0 saturated carbocycles. The molecule has 1 aliphatic heterocycles. The van der Waals surface area contributed by atoms with Crippen LogP contribution in [-0.2, 0) is 20.7 Å². The van der Waals surface area contributed by atoms with Crippen molar-refractivity contribution in [3.63, 3.8) is 0 Å². The standard InChI is InChI=1S/C15H18ClNO4/c1-3-17(9-14(18)20-4-2)15(19)13-8-10-7-11(16)5-6-12(10)21-13/h5-7,13H,3-4,8-9H2,1-2H3. The molecule has 0 radical (unpaired) electrons. The Bertz CT molecular complexity index is 546. The second kappa shape index (κ2) is 6.80. The van der Waals surface area contributed by atoms with Gasteiger partial charge in [-0.05, 0) is 37.6 Å². The van der Waals surface area contributed by atoms with Gasteiger partial charge in [-0.25, -0.2) is 0 Å². The van der Waals surface area contributed by atoms with Crippen LogP contribution in [0.15, 0.2) is 18.2 Å². The largest absolute Gasteiger partial charge is 0.480 e. The van der Waals surface area contributed by atoms with Gasteiger partial charge in [0.25, 0.3) is 5.91 Å². The summed E-state index contributed by atoms with van der Waals surface area (Å²) >= 11 is 5.93. The van der Waals surface area contributed by atoms with Crippen LogP contribution in [0.25, 0.3) is 0 Å². The molecule has 0 N–H and O–H groups in total. The van der Waals surface area contributed by atoms with Crippen molar-refractivity contribution in [1.29, 1.82) is 0 Å². The van der Waals surface area contributed by atoms with Crippen LogP contribution < -0.4 is 4.74 Å². The Morgan fingerprint density at radius 3 is 2.86 bits per heavy atom. The number of nitrogens with zero attached hydrogens (tertiary/aromatic N) is 1. The van der Waals surface area contributed by atoms with Gasteiger partial charge in [0.15, 0.2) is 6.10 Å². The van der Waals surface area contributed by atoms with Crippen molar-refractivity contribution in [2.24, 2.45) is 0 Å². The third-order valence-electron chi connectivity index (χ3n) is 3.29. The lowest BCUT2D eigenvalue weighted by Crippen LogP contribution is -2.44. The summed E-state index contributed by atoms with van der Waals surface area (Å²) in [6, 6.07) is 5.28. The Labute approximate surface area is 128 Å². The Balaban J connectivity index is 2.02. The first-order valence-corrected chi connectivity index (χ1v) is 7.32. The van der Waals surface area contributed by atoms with Gasteiger partial charge in [-0.1, -0.05) is 11.6 Å². The Morgan fingerprint density at radius 1 is 1.43 bits per heavy atom. The lowest BCUT2D eigenvalue weighted by atomic mass is 10.1. The molecule has 1 aromatic rings. The first-order valence-electron chi connectivity index (χ1n) is 6.94. The summed E-state index contributed by atoms with van der Waals surface area (Å²) in [5.74, 6) is 0.0501. The van der Waals surface area contributed by atoms with Crippen molar-refractivity contribution >= 4 is 23.5 Å². The zero-order valence-electron chi connectivity index (χ0n) is 12.1. The highest BCUT2D eigenvalue weighted by atomic mass is 35.5. The molecule has 6 heteroatoms. The van der Waals surface area contributed by atoms with Crippen molar-refractivity contribution in [3.8, 4) is 5.75 Å². The number of amides is 1. The van der Waals surface area contributed by atoms with Crippen LogP contribution in [0.4, 0.5) is 0 Å². The van der Waals surface area contributed by atoms with Gasteiger partial charge in [0.05, 0.1) is 6.61 Å². The maximum Gasteiger partial charge on any atom is 0.325 e. The quantitative estimate of drug-likeness (QED) is 0.781. The van der Waals surface area contributed by atoms with Crippen molar-refractivity contribution < 1.29 is 19.1 Å². The zero-order valence-corrected chi connectivity index (χ0v) is 12.9. The van der Waals surface area contributed by atoms with E-state index in [1.54, 1.807) is 25.1 Å². The molecular weight excluding hydrogens is 294 g/mol. The van der Waals surface area contributed by atoms with Crippen LogP contribution in [0.3, 0.4) is 0 Å². The zero-order chi connectivity index (χ0) is 15.4. The number of fused-ring (bicyclic) bond motifs is 1. The Morgan fingerprint density at radius 2 is 2.19 bits per heavy atom. The van der Waals surface area contributed by atoms with Crippen LogP contribution >= 0.6 is 11.6 Å². The van der Waals surface area contributed by atoms with Crippen LogP contribution in [0.1, 0.15) is 19.4 Å². The molecule has 0 saturated heterocycles. The molecule has 0 aliphatic carbocycles. The molecule has 5 nitrogen and oxygen atoms in total. The number of benzene rings is 1. The highest BCUT2D eigenvalue weighted by molar-refractivity contribution is 6.30. The van der Waals surface area contributed by atoms with Crippen LogP contribution in [0.5, 0.6) is 5.75 Å². The number of carbonyl (C=O) groups excluding carboxylic acids is 2. The topological polar surface area (TPSA) is 55.8 Å². The molecule has 0 spiro atoms. The molecule has 114 valence electrons. The number of halogens is 1. The molecule has 1 heterocycles. The Hall–Kier alpha value is -1.75. The number of hydrogen-bond acceptors (Lipinski definition) is 4. The molecule has 2 rings (SSSR count). The third kappa shape index (κ3) is 3.67. The van der Waals surface area contributed by atoms with Gasteiger partial charge in [0, 0.05) is 18.0 Å². The second-order valence-corrected chi connectivity index (χ2v) is 5.16. The minimum Gasteiger partial charge on any atom is -0.480 e. The maximum atomic E-state index is 12.4. The van der Waals surface area contributed by atoms with Crippen molar-refractivity contribution in [3.05, 3.63) is 28.8 Å². The van der Waals surface area contributed by atoms with Crippen molar-refractivity contribution in [2.45, 2.75) is 26.4 Å². The minimum atomic E-state index is -0.604. The average molecular weight is 312 g/mol. The summed E-state index contributed by atoms with van der Waals surface area (Å²) in [6.45, 7) is 4.22. The molecule has 0 bridgehead atoms. The Kier molecular flexibility index (Phi) is 5.07. The number of esters is 1. The van der Waals surface area contributed by atoms with Crippen LogP contribution in [0, 0.1) is 0 Å². The first kappa shape index (κ1) is 15.6. The van der Waals surface area contributed by atoms with Gasteiger partial charge in [-0.2, -0.15) is 0 Å². The lowest BCUT2D eigenvalue weighted by Gasteiger charge is -2.22. The maximum absolute atomic E-state index is 12.4. The van der Waals surface area contributed by atoms with Gasteiger partial charge >= 0.3 is 5.97 Å². The molecule has 0 aromatic heterocycles. The predicted molar refractivity (Wildman–Crippen MR) is 78.5 cm³/mol. The van der Waals surface area contributed by atoms with E-state index < -0.39 is 12.1 Å². The SMILES string of the molecule is CCOC(=O)CN(CC)C(=O)C1Cc2cc(Cl)ccc2O1. The minimum absolute atomic E-state index is 0.0554. The van der Waals surface area contributed by atoms with E-state index in [0.29, 0.717) is 30.3 Å². The second-order valence-electron chi connectivity index (χ2n) is 4.72. The van der Waals surface area contributed by atoms with E-state index in [2.05, 4.69) is 0 Å². The fourth-order valence-electron chi connectivity index (χ4n) is 2.27. The molecule has 21 heavy (non-hydrogen) atoms. The average Bonchev–Trinajstić information content (AvgIpc) is 2.87. The van der Waals surface area contributed by atoms with E-state index in [1.807, 2.05) is 6.92 Å². The number of hydrogen-bond donors (Lipinski definition) is 0. The van der Waals surface area contributed by atoms with Gasteiger partial charge in [-0.15, -0.1) is 0 Å². The van der Waals surface area contributed by atoms with E-state index in [0.717, 1.165) is 5.56 Å². The lowest BCUT2D eigenvalue weighted by molar-refractivity contribution is -0.150. The highest BCUT2D eigenvalue weighted by Crippen LogP contribution is 2.31. The molecule has 1 atom stereocenters. The number of rotatable bonds is 5. The van der Waals surface area contributed by atoms with Gasteiger partial charge in [0.2, 0.25) is 0 Å². The van der Waals surface area contributed by atoms with Crippen LogP contribution in [0.2, 0.25) is 5.02 Å². The molecule has 0 fully saturated rings. The molecule has 1 unspecified atom stereocenters. The predicted octanol–water partition coefficient (Wildman–Crippen LogP) is 2.06. The summed E-state index contributed by atoms with van der Waals surface area (Å²) in [6.07, 6.45) is -0.138. The van der Waals surface area contributed by atoms with Gasteiger partial charge in [0.1, 0.15) is 12.3 Å². The van der Waals surface area contributed by atoms with E-state index in [1.165, 1.54) is 4.90 Å². The summed E-state index contributed by atoms with van der Waals surface area (Å²) in [5.41, 5.74) is 0.910. The van der Waals surface area contributed by atoms with Crippen molar-refractivity contribution in [2.75, 3.05) is 19.7 Å². The fourth-order valence-corrected chi connectivity index (χ4v) is 2.46. The van der Waals surface area contributed by atoms with Crippen LogP contribution in [-0.4, -0.2) is 42.6 Å². The first-order chi connectivity index (χ1) is 10.0. The fraction of sp³-hybridized carbons (Fsp3) is 0.467. The smallest absolute Gasteiger partial charge is 0.325 e. The third-order valence-corrected chi connectivity index (χ3v) is 3.53. The monoisotopic (exact) mass is 311 g/mol. The molecular formula is C15H18ClNO4. The summed E-state index contributed by atoms with van der Waals surface area (Å²) in [7, 11) is 0.